The van der Waals surface area contributed by atoms with E-state index in [-0.39, 0.29) is 35.5 Å². The molecule has 7 nitrogen and oxygen atoms in total. The molecule has 4 unspecified atom stereocenters. The summed E-state index contributed by atoms with van der Waals surface area (Å²) in [7, 11) is 1.73. The predicted octanol–water partition coefficient (Wildman–Crippen LogP) is 0.986. The SMILES string of the molecule is CN=C(NCCCN1C(=O)C2C3C=CC(C3)C2C1=O)NCCc1cccnc1. The van der Waals surface area contributed by atoms with Crippen LogP contribution in [0.15, 0.2) is 41.7 Å². The van der Waals surface area contributed by atoms with Gasteiger partial charge in [0.25, 0.3) is 0 Å². The molecule has 3 aliphatic rings. The highest BCUT2D eigenvalue weighted by atomic mass is 16.2. The Morgan fingerprint density at radius 2 is 1.89 bits per heavy atom. The van der Waals surface area contributed by atoms with E-state index >= 15 is 0 Å². The molecule has 7 heteroatoms. The number of aromatic nitrogens is 1. The molecule has 1 aliphatic heterocycles. The number of imide groups is 1. The van der Waals surface area contributed by atoms with Crippen molar-refractivity contribution in [2.75, 3.05) is 26.7 Å². The lowest BCUT2D eigenvalue weighted by molar-refractivity contribution is -0.140. The Hall–Kier alpha value is -2.70. The Morgan fingerprint density at radius 1 is 1.18 bits per heavy atom. The summed E-state index contributed by atoms with van der Waals surface area (Å²) >= 11 is 0. The molecule has 1 saturated carbocycles. The Bertz CT molecular complexity index is 761. The molecule has 2 fully saturated rings. The van der Waals surface area contributed by atoms with Crippen LogP contribution >= 0.6 is 0 Å². The lowest BCUT2D eigenvalue weighted by Crippen LogP contribution is -2.40. The van der Waals surface area contributed by atoms with E-state index in [9.17, 15) is 9.59 Å². The largest absolute Gasteiger partial charge is 0.356 e. The van der Waals surface area contributed by atoms with Crippen molar-refractivity contribution in [1.82, 2.24) is 20.5 Å². The predicted molar refractivity (Wildman–Crippen MR) is 106 cm³/mol. The zero-order valence-electron chi connectivity index (χ0n) is 16.2. The van der Waals surface area contributed by atoms with E-state index < -0.39 is 0 Å². The second kappa shape index (κ2) is 8.12. The minimum Gasteiger partial charge on any atom is -0.356 e. The zero-order chi connectivity index (χ0) is 19.5. The normalized spacial score (nSPS) is 28.2. The molecule has 0 radical (unpaired) electrons. The molecule has 1 saturated heterocycles. The minimum absolute atomic E-state index is 0.0332. The Kier molecular flexibility index (Phi) is 5.41. The summed E-state index contributed by atoms with van der Waals surface area (Å²) in [6.45, 7) is 1.89. The molecule has 2 N–H and O–H groups in total. The maximum absolute atomic E-state index is 12.7. The van der Waals surface area contributed by atoms with E-state index in [1.807, 2.05) is 18.3 Å². The summed E-state index contributed by atoms with van der Waals surface area (Å²) < 4.78 is 0. The molecular formula is C21H27N5O2. The summed E-state index contributed by atoms with van der Waals surface area (Å²) in [5, 5.41) is 6.52. The third-order valence-electron chi connectivity index (χ3n) is 6.07. The number of hydrogen-bond acceptors (Lipinski definition) is 4. The topological polar surface area (TPSA) is 86.7 Å². The van der Waals surface area contributed by atoms with Crippen LogP contribution in [0.25, 0.3) is 0 Å². The first-order chi connectivity index (χ1) is 13.7. The lowest BCUT2D eigenvalue weighted by Gasteiger charge is -2.18. The number of aliphatic imine (C=N–C) groups is 1. The van der Waals surface area contributed by atoms with E-state index in [1.165, 1.54) is 10.5 Å². The smallest absolute Gasteiger partial charge is 0.233 e. The number of hydrogen-bond donors (Lipinski definition) is 2. The number of amides is 2. The number of fused-ring (bicyclic) bond motifs is 5. The third kappa shape index (κ3) is 3.53. The van der Waals surface area contributed by atoms with Gasteiger partial charge >= 0.3 is 0 Å². The van der Waals surface area contributed by atoms with Crippen molar-refractivity contribution in [3.8, 4) is 0 Å². The number of nitrogens with zero attached hydrogens (tertiary/aromatic N) is 3. The van der Waals surface area contributed by atoms with Crippen LogP contribution in [-0.4, -0.2) is 54.3 Å². The monoisotopic (exact) mass is 381 g/mol. The van der Waals surface area contributed by atoms with Gasteiger partial charge in [0.1, 0.15) is 0 Å². The van der Waals surface area contributed by atoms with Crippen molar-refractivity contribution in [1.29, 1.82) is 0 Å². The summed E-state index contributed by atoms with van der Waals surface area (Å²) in [5.74, 6) is 1.14. The van der Waals surface area contributed by atoms with Gasteiger partial charge in [-0.05, 0) is 42.7 Å². The number of carbonyl (C=O) groups is 2. The first-order valence-electron chi connectivity index (χ1n) is 10.1. The quantitative estimate of drug-likeness (QED) is 0.242. The van der Waals surface area contributed by atoms with E-state index in [4.69, 9.17) is 0 Å². The average Bonchev–Trinajstić information content (AvgIpc) is 3.39. The second-order valence-electron chi connectivity index (χ2n) is 7.72. The first kappa shape index (κ1) is 18.7. The molecule has 148 valence electrons. The maximum Gasteiger partial charge on any atom is 0.233 e. The summed E-state index contributed by atoms with van der Waals surface area (Å²) in [5.41, 5.74) is 1.17. The van der Waals surface area contributed by atoms with Gasteiger partial charge < -0.3 is 10.6 Å². The minimum atomic E-state index is -0.0997. The number of likely N-dealkylation sites (tertiary alicyclic amines) is 1. The fourth-order valence-electron chi connectivity index (χ4n) is 4.72. The van der Waals surface area contributed by atoms with Gasteiger partial charge in [-0.25, -0.2) is 0 Å². The highest BCUT2D eigenvalue weighted by Gasteiger charge is 2.58. The molecule has 0 aromatic carbocycles. The molecular weight excluding hydrogens is 354 g/mol. The Morgan fingerprint density at radius 3 is 2.54 bits per heavy atom. The summed E-state index contributed by atoms with van der Waals surface area (Å²) in [6, 6.07) is 3.98. The van der Waals surface area contributed by atoms with Gasteiger partial charge in [0, 0.05) is 39.1 Å². The van der Waals surface area contributed by atoms with Gasteiger partial charge in [-0.1, -0.05) is 18.2 Å². The van der Waals surface area contributed by atoms with Crippen LogP contribution in [-0.2, 0) is 16.0 Å². The van der Waals surface area contributed by atoms with Crippen LogP contribution in [0.2, 0.25) is 0 Å². The standard InChI is InChI=1S/C21H27N5O2/c1-22-21(25-10-7-14-4-2-8-23-13-14)24-9-3-11-26-19(27)17-15-5-6-16(12-15)18(17)20(26)28/h2,4-6,8,13,15-18H,3,7,9-12H2,1H3,(H2,22,24,25). The molecule has 2 amide bonds. The molecule has 2 aliphatic carbocycles. The van der Waals surface area contributed by atoms with Crippen LogP contribution in [0.4, 0.5) is 0 Å². The number of carbonyl (C=O) groups excluding carboxylic acids is 2. The van der Waals surface area contributed by atoms with E-state index in [1.54, 1.807) is 13.2 Å². The van der Waals surface area contributed by atoms with Crippen LogP contribution in [0.1, 0.15) is 18.4 Å². The zero-order valence-corrected chi connectivity index (χ0v) is 16.2. The third-order valence-corrected chi connectivity index (χ3v) is 6.07. The molecule has 2 heterocycles. The fraction of sp³-hybridized carbons (Fsp3) is 0.524. The number of rotatable bonds is 7. The van der Waals surface area contributed by atoms with Crippen LogP contribution in [0.3, 0.4) is 0 Å². The number of allylic oxidation sites excluding steroid dienone is 2. The summed E-state index contributed by atoms with van der Waals surface area (Å²) in [6.07, 6.45) is 10.4. The van der Waals surface area contributed by atoms with Gasteiger partial charge in [-0.15, -0.1) is 0 Å². The molecule has 4 rings (SSSR count). The van der Waals surface area contributed by atoms with Crippen molar-refractivity contribution in [2.45, 2.75) is 19.3 Å². The van der Waals surface area contributed by atoms with Gasteiger partial charge in [0.05, 0.1) is 11.8 Å². The van der Waals surface area contributed by atoms with Crippen molar-refractivity contribution in [2.24, 2.45) is 28.7 Å². The number of pyridine rings is 1. The molecule has 2 bridgehead atoms. The van der Waals surface area contributed by atoms with E-state index in [0.717, 1.165) is 25.3 Å². The van der Waals surface area contributed by atoms with Crippen molar-refractivity contribution < 1.29 is 9.59 Å². The summed E-state index contributed by atoms with van der Waals surface area (Å²) in [4.78, 5) is 35.1. The highest BCUT2D eigenvalue weighted by Crippen LogP contribution is 2.52. The van der Waals surface area contributed by atoms with E-state index in [2.05, 4.69) is 32.8 Å². The maximum atomic E-state index is 12.7. The Balaban J connectivity index is 1.18. The number of nitrogens with one attached hydrogen (secondary N) is 2. The first-order valence-corrected chi connectivity index (χ1v) is 10.1. The molecule has 28 heavy (non-hydrogen) atoms. The number of guanidine groups is 1. The van der Waals surface area contributed by atoms with Crippen LogP contribution in [0.5, 0.6) is 0 Å². The molecule has 1 aromatic heterocycles. The molecule has 0 spiro atoms. The van der Waals surface area contributed by atoms with Crippen LogP contribution in [0, 0.1) is 23.7 Å². The van der Waals surface area contributed by atoms with E-state index in [0.29, 0.717) is 19.5 Å². The second-order valence-corrected chi connectivity index (χ2v) is 7.72. The average molecular weight is 381 g/mol. The Labute approximate surface area is 165 Å². The van der Waals surface area contributed by atoms with Gasteiger partial charge in [0.15, 0.2) is 5.96 Å². The van der Waals surface area contributed by atoms with Crippen LogP contribution < -0.4 is 10.6 Å². The van der Waals surface area contributed by atoms with Crippen molar-refractivity contribution >= 4 is 17.8 Å². The molecule has 4 atom stereocenters. The van der Waals surface area contributed by atoms with Crippen molar-refractivity contribution in [3.05, 3.63) is 42.2 Å². The lowest BCUT2D eigenvalue weighted by atomic mass is 9.85. The highest BCUT2D eigenvalue weighted by molar-refractivity contribution is 6.06. The van der Waals surface area contributed by atoms with Gasteiger partial charge in [0.2, 0.25) is 11.8 Å². The van der Waals surface area contributed by atoms with Gasteiger partial charge in [-0.2, -0.15) is 0 Å². The fourth-order valence-corrected chi connectivity index (χ4v) is 4.72. The molecule has 1 aromatic rings. The van der Waals surface area contributed by atoms with Gasteiger partial charge in [-0.3, -0.25) is 24.5 Å². The van der Waals surface area contributed by atoms with Crippen molar-refractivity contribution in [3.63, 3.8) is 0 Å².